The number of hydrogen-bond donors (Lipinski definition) is 0. The maximum Gasteiger partial charge on any atom is 0.0546 e. The van der Waals surface area contributed by atoms with Crippen LogP contribution in [0.5, 0.6) is 0 Å². The Morgan fingerprint density at radius 3 is 0.951 bits per heavy atom. The smallest absolute Gasteiger partial charge is 0.0546 e. The number of anilines is 3. The molecular formula is C60H43N. The molecule has 0 aromatic heterocycles. The summed E-state index contributed by atoms with van der Waals surface area (Å²) in [6.45, 7) is 0. The van der Waals surface area contributed by atoms with Crippen molar-refractivity contribution in [1.29, 1.82) is 0 Å². The van der Waals surface area contributed by atoms with E-state index in [0.29, 0.717) is 0 Å². The summed E-state index contributed by atoms with van der Waals surface area (Å²) in [4.78, 5) is 2.43. The van der Waals surface area contributed by atoms with E-state index in [2.05, 4.69) is 266 Å². The third-order valence-electron chi connectivity index (χ3n) is 11.5. The average Bonchev–Trinajstić information content (AvgIpc) is 3.36. The molecule has 288 valence electrons. The van der Waals surface area contributed by atoms with E-state index in [1.807, 2.05) is 0 Å². The van der Waals surface area contributed by atoms with Gasteiger partial charge in [0.1, 0.15) is 0 Å². The average molecular weight is 778 g/mol. The Morgan fingerprint density at radius 2 is 0.492 bits per heavy atom. The first-order chi connectivity index (χ1) is 30.3. The molecule has 0 aliphatic rings. The summed E-state index contributed by atoms with van der Waals surface area (Å²) < 4.78 is 0. The van der Waals surface area contributed by atoms with Gasteiger partial charge in [-0.3, -0.25) is 0 Å². The zero-order valence-corrected chi connectivity index (χ0v) is 33.8. The molecule has 0 radical (unpaired) electrons. The largest absolute Gasteiger partial charge is 0.310 e. The molecule has 0 saturated heterocycles. The topological polar surface area (TPSA) is 3.24 Å². The van der Waals surface area contributed by atoms with Crippen molar-refractivity contribution in [2.75, 3.05) is 4.90 Å². The van der Waals surface area contributed by atoms with Gasteiger partial charge >= 0.3 is 0 Å². The van der Waals surface area contributed by atoms with Crippen LogP contribution in [0.15, 0.2) is 261 Å². The molecular weight excluding hydrogens is 735 g/mol. The van der Waals surface area contributed by atoms with Crippen molar-refractivity contribution in [3.05, 3.63) is 261 Å². The van der Waals surface area contributed by atoms with Crippen molar-refractivity contribution in [3.63, 3.8) is 0 Å². The lowest BCUT2D eigenvalue weighted by molar-refractivity contribution is 1.28. The highest BCUT2D eigenvalue weighted by Crippen LogP contribution is 2.49. The second kappa shape index (κ2) is 17.1. The standard InChI is InChI=1S/C60H43N/c1-6-20-44(21-7-1)45-34-38-51(39-35-45)61(52-40-36-48(37-41-52)54-31-17-19-33-57(54)56-32-18-16-30-53(56)46-22-8-2-9-23-46)58-43-42-55(47-24-10-3-11-25-47)59(49-26-12-4-13-27-49)60(58)50-28-14-5-15-29-50/h1-43H. The van der Waals surface area contributed by atoms with Gasteiger partial charge in [-0.1, -0.05) is 231 Å². The SMILES string of the molecule is c1ccc(-c2ccc(N(c3ccc(-c4ccccc4-c4ccccc4-c4ccccc4)cc3)c3ccc(-c4ccccc4)c(-c4ccccc4)c3-c3ccccc3)cc2)cc1. The van der Waals surface area contributed by atoms with Crippen LogP contribution in [0, 0.1) is 0 Å². The third kappa shape index (κ3) is 7.58. The van der Waals surface area contributed by atoms with Crippen LogP contribution >= 0.6 is 0 Å². The predicted octanol–water partition coefficient (Wildman–Crippen LogP) is 16.8. The predicted molar refractivity (Wildman–Crippen MR) is 259 cm³/mol. The number of benzene rings is 10. The van der Waals surface area contributed by atoms with Crippen molar-refractivity contribution >= 4 is 17.1 Å². The molecule has 0 aliphatic carbocycles. The van der Waals surface area contributed by atoms with E-state index < -0.39 is 0 Å². The zero-order chi connectivity index (χ0) is 40.8. The van der Waals surface area contributed by atoms with Gasteiger partial charge in [0.2, 0.25) is 0 Å². The fourth-order valence-corrected chi connectivity index (χ4v) is 8.65. The number of rotatable bonds is 10. The lowest BCUT2D eigenvalue weighted by atomic mass is 9.86. The molecule has 0 heterocycles. The van der Waals surface area contributed by atoms with Gasteiger partial charge in [0, 0.05) is 16.9 Å². The Balaban J connectivity index is 1.17. The van der Waals surface area contributed by atoms with Gasteiger partial charge in [-0.25, -0.2) is 0 Å². The molecule has 0 amide bonds. The monoisotopic (exact) mass is 777 g/mol. The normalized spacial score (nSPS) is 11.0. The molecule has 10 aromatic rings. The zero-order valence-electron chi connectivity index (χ0n) is 33.8. The Morgan fingerprint density at radius 1 is 0.180 bits per heavy atom. The van der Waals surface area contributed by atoms with Crippen LogP contribution in [-0.2, 0) is 0 Å². The molecule has 1 nitrogen and oxygen atoms in total. The molecule has 0 fully saturated rings. The van der Waals surface area contributed by atoms with Crippen molar-refractivity contribution in [2.45, 2.75) is 0 Å². The lowest BCUT2D eigenvalue weighted by Gasteiger charge is -2.30. The van der Waals surface area contributed by atoms with Gasteiger partial charge in [-0.2, -0.15) is 0 Å². The summed E-state index contributed by atoms with van der Waals surface area (Å²) in [5.41, 5.74) is 19.9. The molecule has 0 aliphatic heterocycles. The maximum absolute atomic E-state index is 2.43. The van der Waals surface area contributed by atoms with Crippen molar-refractivity contribution in [1.82, 2.24) is 0 Å². The fourth-order valence-electron chi connectivity index (χ4n) is 8.65. The molecule has 0 unspecified atom stereocenters. The molecule has 0 bridgehead atoms. The van der Waals surface area contributed by atoms with E-state index in [1.54, 1.807) is 0 Å². The summed E-state index contributed by atoms with van der Waals surface area (Å²) in [6.07, 6.45) is 0. The Labute approximate surface area is 359 Å². The second-order valence-electron chi connectivity index (χ2n) is 15.2. The molecule has 10 aromatic carbocycles. The number of nitrogens with zero attached hydrogens (tertiary/aromatic N) is 1. The molecule has 61 heavy (non-hydrogen) atoms. The van der Waals surface area contributed by atoms with Crippen molar-refractivity contribution in [2.24, 2.45) is 0 Å². The number of hydrogen-bond acceptors (Lipinski definition) is 1. The van der Waals surface area contributed by atoms with Crippen LogP contribution < -0.4 is 4.90 Å². The summed E-state index contributed by atoms with van der Waals surface area (Å²) in [5, 5.41) is 0. The van der Waals surface area contributed by atoms with E-state index >= 15 is 0 Å². The van der Waals surface area contributed by atoms with E-state index in [0.717, 1.165) is 28.2 Å². The molecule has 0 spiro atoms. The Bertz CT molecular complexity index is 3010. The summed E-state index contributed by atoms with van der Waals surface area (Å²) in [6, 6.07) is 94.0. The van der Waals surface area contributed by atoms with Gasteiger partial charge in [0.05, 0.1) is 5.69 Å². The van der Waals surface area contributed by atoms with E-state index in [-0.39, 0.29) is 0 Å². The maximum atomic E-state index is 2.43. The summed E-state index contributed by atoms with van der Waals surface area (Å²) in [5.74, 6) is 0. The molecule has 0 N–H and O–H groups in total. The van der Waals surface area contributed by atoms with E-state index in [1.165, 1.54) is 66.8 Å². The highest BCUT2D eigenvalue weighted by molar-refractivity contribution is 6.03. The highest BCUT2D eigenvalue weighted by atomic mass is 15.1. The van der Waals surface area contributed by atoms with Crippen LogP contribution in [0.2, 0.25) is 0 Å². The van der Waals surface area contributed by atoms with E-state index in [9.17, 15) is 0 Å². The first kappa shape index (κ1) is 37.3. The van der Waals surface area contributed by atoms with Gasteiger partial charge in [-0.15, -0.1) is 0 Å². The van der Waals surface area contributed by atoms with Gasteiger partial charge in [-0.05, 0) is 103 Å². The highest BCUT2D eigenvalue weighted by Gasteiger charge is 2.24. The van der Waals surface area contributed by atoms with Crippen molar-refractivity contribution < 1.29 is 0 Å². The minimum Gasteiger partial charge on any atom is -0.310 e. The minimum absolute atomic E-state index is 1.07. The van der Waals surface area contributed by atoms with Gasteiger partial charge in [0.25, 0.3) is 0 Å². The first-order valence-corrected chi connectivity index (χ1v) is 20.9. The van der Waals surface area contributed by atoms with Crippen LogP contribution in [0.3, 0.4) is 0 Å². The minimum atomic E-state index is 1.07. The van der Waals surface area contributed by atoms with Crippen molar-refractivity contribution in [3.8, 4) is 77.9 Å². The first-order valence-electron chi connectivity index (χ1n) is 20.9. The van der Waals surface area contributed by atoms with Crippen LogP contribution in [0.25, 0.3) is 77.9 Å². The Hall–Kier alpha value is -8.00. The quantitative estimate of drug-likeness (QED) is 0.134. The van der Waals surface area contributed by atoms with Gasteiger partial charge in [0.15, 0.2) is 0 Å². The van der Waals surface area contributed by atoms with Crippen LogP contribution in [0.1, 0.15) is 0 Å². The molecule has 1 heteroatoms. The fraction of sp³-hybridized carbons (Fsp3) is 0. The Kier molecular flexibility index (Phi) is 10.4. The third-order valence-corrected chi connectivity index (χ3v) is 11.5. The summed E-state index contributed by atoms with van der Waals surface area (Å²) >= 11 is 0. The van der Waals surface area contributed by atoms with Crippen LogP contribution in [0.4, 0.5) is 17.1 Å². The molecule has 0 saturated carbocycles. The second-order valence-corrected chi connectivity index (χ2v) is 15.2. The summed E-state index contributed by atoms with van der Waals surface area (Å²) in [7, 11) is 0. The van der Waals surface area contributed by atoms with Gasteiger partial charge < -0.3 is 4.90 Å². The lowest BCUT2D eigenvalue weighted by Crippen LogP contribution is -2.12. The van der Waals surface area contributed by atoms with Crippen LogP contribution in [-0.4, -0.2) is 0 Å². The molecule has 0 atom stereocenters. The molecule has 10 rings (SSSR count). The van der Waals surface area contributed by atoms with E-state index in [4.69, 9.17) is 0 Å².